The summed E-state index contributed by atoms with van der Waals surface area (Å²) < 4.78 is 1.14. The Morgan fingerprint density at radius 2 is 1.89 bits per heavy atom. The van der Waals surface area contributed by atoms with Gasteiger partial charge in [-0.15, -0.1) is 0 Å². The van der Waals surface area contributed by atoms with Gasteiger partial charge >= 0.3 is 0 Å². The molecule has 0 amide bonds. The number of nitrogens with zero attached hydrogens (tertiary/aromatic N) is 1. The zero-order chi connectivity index (χ0) is 13.1. The fraction of sp³-hybridized carbons (Fsp3) is 0.625. The average Bonchev–Trinajstić information content (AvgIpc) is 2.90. The van der Waals surface area contributed by atoms with Crippen LogP contribution in [0, 0.1) is 5.92 Å². The van der Waals surface area contributed by atoms with E-state index in [9.17, 15) is 0 Å². The minimum Gasteiger partial charge on any atom is -0.384 e. The number of benzene rings is 1. The van der Waals surface area contributed by atoms with E-state index < -0.39 is 0 Å². The van der Waals surface area contributed by atoms with E-state index in [4.69, 9.17) is 0 Å². The summed E-state index contributed by atoms with van der Waals surface area (Å²) in [6.07, 6.45) is 7.23. The molecule has 2 nitrogen and oxygen atoms in total. The first-order valence-electron chi connectivity index (χ1n) is 7.56. The molecule has 1 saturated heterocycles. The highest BCUT2D eigenvalue weighted by Crippen LogP contribution is 2.36. The van der Waals surface area contributed by atoms with Crippen molar-refractivity contribution < 1.29 is 0 Å². The lowest BCUT2D eigenvalue weighted by Gasteiger charge is -2.37. The van der Waals surface area contributed by atoms with E-state index in [1.54, 1.807) is 0 Å². The molecule has 2 atom stereocenters. The van der Waals surface area contributed by atoms with Gasteiger partial charge in [0.05, 0.1) is 0 Å². The van der Waals surface area contributed by atoms with Crippen molar-refractivity contribution >= 4 is 21.6 Å². The van der Waals surface area contributed by atoms with Crippen LogP contribution in [-0.4, -0.2) is 30.6 Å². The normalized spacial score (nSPS) is 27.2. The van der Waals surface area contributed by atoms with Gasteiger partial charge in [-0.2, -0.15) is 0 Å². The highest BCUT2D eigenvalue weighted by Gasteiger charge is 2.34. The summed E-state index contributed by atoms with van der Waals surface area (Å²) in [5.41, 5.74) is 1.23. The maximum absolute atomic E-state index is 3.54. The first-order valence-corrected chi connectivity index (χ1v) is 8.36. The Labute approximate surface area is 124 Å². The van der Waals surface area contributed by atoms with Gasteiger partial charge in [0.25, 0.3) is 0 Å². The molecular formula is C16H23BrN2. The van der Waals surface area contributed by atoms with E-state index >= 15 is 0 Å². The maximum atomic E-state index is 3.54. The Bertz CT molecular complexity index is 404. The minimum atomic E-state index is 0.889. The molecule has 2 unspecified atom stereocenters. The number of hydrogen-bond acceptors (Lipinski definition) is 2. The summed E-state index contributed by atoms with van der Waals surface area (Å²) in [4.78, 5) is 2.73. The lowest BCUT2D eigenvalue weighted by atomic mass is 9.92. The lowest BCUT2D eigenvalue weighted by molar-refractivity contribution is 0.118. The van der Waals surface area contributed by atoms with Crippen LogP contribution in [0.4, 0.5) is 5.69 Å². The fourth-order valence-electron chi connectivity index (χ4n) is 3.75. The van der Waals surface area contributed by atoms with Crippen molar-refractivity contribution in [3.8, 4) is 0 Å². The van der Waals surface area contributed by atoms with Crippen LogP contribution in [0.5, 0.6) is 0 Å². The van der Waals surface area contributed by atoms with Crippen molar-refractivity contribution in [1.29, 1.82) is 0 Å². The molecule has 1 aromatic carbocycles. The van der Waals surface area contributed by atoms with Gasteiger partial charge in [-0.25, -0.2) is 0 Å². The molecule has 0 spiro atoms. The van der Waals surface area contributed by atoms with Crippen LogP contribution < -0.4 is 5.32 Å². The number of hydrogen-bond donors (Lipinski definition) is 1. The van der Waals surface area contributed by atoms with Gasteiger partial charge in [-0.3, -0.25) is 4.90 Å². The van der Waals surface area contributed by atoms with Crippen LogP contribution >= 0.6 is 15.9 Å². The molecule has 1 heterocycles. The van der Waals surface area contributed by atoms with Crippen molar-refractivity contribution in [3.63, 3.8) is 0 Å². The topological polar surface area (TPSA) is 15.3 Å². The van der Waals surface area contributed by atoms with Gasteiger partial charge in [0, 0.05) is 29.3 Å². The van der Waals surface area contributed by atoms with Crippen molar-refractivity contribution in [2.24, 2.45) is 5.92 Å². The number of likely N-dealkylation sites (tertiary alicyclic amines) is 1. The van der Waals surface area contributed by atoms with Crippen LogP contribution in [0.3, 0.4) is 0 Å². The summed E-state index contributed by atoms with van der Waals surface area (Å²) in [5.74, 6) is 1.00. The summed E-state index contributed by atoms with van der Waals surface area (Å²) in [7, 11) is 0. The molecule has 1 aliphatic heterocycles. The number of nitrogens with one attached hydrogen (secondary N) is 1. The van der Waals surface area contributed by atoms with Gasteiger partial charge in [-0.1, -0.05) is 22.4 Å². The number of piperidine rings is 1. The monoisotopic (exact) mass is 322 g/mol. The van der Waals surface area contributed by atoms with E-state index in [1.807, 2.05) is 0 Å². The number of fused-ring (bicyclic) bond motifs is 1. The molecule has 0 radical (unpaired) electrons. The first kappa shape index (κ1) is 13.4. The zero-order valence-corrected chi connectivity index (χ0v) is 13.0. The first-order chi connectivity index (χ1) is 9.33. The second-order valence-electron chi connectivity index (χ2n) is 5.87. The standard InChI is InChI=1S/C16H23BrN2/c17-14-6-8-15(9-7-14)18-10-12-19-11-2-4-13-3-1-5-16(13)19/h6-9,13,16,18H,1-5,10-12H2. The fourth-order valence-corrected chi connectivity index (χ4v) is 4.01. The molecule has 1 aliphatic carbocycles. The largest absolute Gasteiger partial charge is 0.384 e. The molecule has 0 bridgehead atoms. The maximum Gasteiger partial charge on any atom is 0.0341 e. The minimum absolute atomic E-state index is 0.889. The van der Waals surface area contributed by atoms with Crippen LogP contribution in [0.1, 0.15) is 32.1 Å². The Balaban J connectivity index is 1.48. The molecule has 3 rings (SSSR count). The Morgan fingerprint density at radius 1 is 1.11 bits per heavy atom. The second kappa shape index (κ2) is 6.27. The number of halogens is 1. The average molecular weight is 323 g/mol. The van der Waals surface area contributed by atoms with Gasteiger partial charge < -0.3 is 5.32 Å². The number of rotatable bonds is 4. The molecule has 1 aromatic rings. The number of anilines is 1. The predicted molar refractivity (Wildman–Crippen MR) is 84.6 cm³/mol. The summed E-state index contributed by atoms with van der Waals surface area (Å²) in [6.45, 7) is 3.56. The second-order valence-corrected chi connectivity index (χ2v) is 6.79. The SMILES string of the molecule is Brc1ccc(NCCN2CCCC3CCCC32)cc1. The smallest absolute Gasteiger partial charge is 0.0341 e. The quantitative estimate of drug-likeness (QED) is 0.896. The molecular weight excluding hydrogens is 300 g/mol. The van der Waals surface area contributed by atoms with E-state index in [2.05, 4.69) is 50.4 Å². The van der Waals surface area contributed by atoms with Crippen molar-refractivity contribution in [2.45, 2.75) is 38.1 Å². The van der Waals surface area contributed by atoms with Gasteiger partial charge in [0.15, 0.2) is 0 Å². The van der Waals surface area contributed by atoms with Gasteiger partial charge in [0.1, 0.15) is 0 Å². The Hall–Kier alpha value is -0.540. The highest BCUT2D eigenvalue weighted by molar-refractivity contribution is 9.10. The molecule has 19 heavy (non-hydrogen) atoms. The van der Waals surface area contributed by atoms with E-state index in [0.29, 0.717) is 0 Å². The van der Waals surface area contributed by atoms with E-state index in [-0.39, 0.29) is 0 Å². The highest BCUT2D eigenvalue weighted by atomic mass is 79.9. The molecule has 0 aromatic heterocycles. The third kappa shape index (κ3) is 3.32. The van der Waals surface area contributed by atoms with Crippen molar-refractivity contribution in [3.05, 3.63) is 28.7 Å². The molecule has 104 valence electrons. The van der Waals surface area contributed by atoms with Crippen molar-refractivity contribution in [2.75, 3.05) is 25.0 Å². The van der Waals surface area contributed by atoms with E-state index in [0.717, 1.165) is 23.0 Å². The van der Waals surface area contributed by atoms with Gasteiger partial charge in [-0.05, 0) is 62.4 Å². The molecule has 3 heteroatoms. The predicted octanol–water partition coefficient (Wildman–Crippen LogP) is 4.13. The molecule has 1 N–H and O–H groups in total. The zero-order valence-electron chi connectivity index (χ0n) is 11.4. The summed E-state index contributed by atoms with van der Waals surface area (Å²) in [6, 6.07) is 9.35. The van der Waals surface area contributed by atoms with Crippen LogP contribution in [0.2, 0.25) is 0 Å². The lowest BCUT2D eigenvalue weighted by Crippen LogP contribution is -2.44. The van der Waals surface area contributed by atoms with Gasteiger partial charge in [0.2, 0.25) is 0 Å². The summed E-state index contributed by atoms with van der Waals surface area (Å²) >= 11 is 3.47. The van der Waals surface area contributed by atoms with Crippen LogP contribution in [-0.2, 0) is 0 Å². The molecule has 2 aliphatic rings. The third-order valence-electron chi connectivity index (χ3n) is 4.68. The Kier molecular flexibility index (Phi) is 4.44. The third-order valence-corrected chi connectivity index (χ3v) is 5.21. The van der Waals surface area contributed by atoms with Crippen molar-refractivity contribution in [1.82, 2.24) is 4.90 Å². The molecule has 2 fully saturated rings. The van der Waals surface area contributed by atoms with Crippen LogP contribution in [0.25, 0.3) is 0 Å². The molecule has 1 saturated carbocycles. The summed E-state index contributed by atoms with van der Waals surface area (Å²) in [5, 5.41) is 3.54. The Morgan fingerprint density at radius 3 is 2.74 bits per heavy atom. The van der Waals surface area contributed by atoms with E-state index in [1.165, 1.54) is 50.9 Å². The van der Waals surface area contributed by atoms with Crippen LogP contribution in [0.15, 0.2) is 28.7 Å².